The molecule has 0 fully saturated rings. The molecule has 67 valence electrons. The zero-order chi connectivity index (χ0) is 6.97. The Bertz CT molecular complexity index is 209. The van der Waals surface area contributed by atoms with Gasteiger partial charge in [0, 0.05) is 0 Å². The van der Waals surface area contributed by atoms with Gasteiger partial charge < -0.3 is 0 Å². The Labute approximate surface area is 110 Å². The first-order chi connectivity index (χ1) is 4.88. The first kappa shape index (κ1) is 13.3. The summed E-state index contributed by atoms with van der Waals surface area (Å²) in [5.41, 5.74) is 3.44. The molecule has 0 saturated carbocycles. The number of halogens is 2. The number of hydrogen-bond donors (Lipinski definition) is 0. The molecule has 0 bridgehead atoms. The molecule has 0 spiro atoms. The summed E-state index contributed by atoms with van der Waals surface area (Å²) in [6.45, 7) is 0. The van der Waals surface area contributed by atoms with Gasteiger partial charge >= 0.3 is 77.3 Å². The van der Waals surface area contributed by atoms with Crippen LogP contribution < -0.4 is 0 Å². The van der Waals surface area contributed by atoms with Crippen molar-refractivity contribution in [2.75, 3.05) is 0 Å². The maximum atomic E-state index is 2.38. The molecule has 2 aliphatic carbocycles. The van der Waals surface area contributed by atoms with Crippen LogP contribution in [0.2, 0.25) is 3.63 Å². The molecule has 1 atom stereocenters. The molecule has 0 saturated heterocycles. The summed E-state index contributed by atoms with van der Waals surface area (Å²) in [5, 5.41) is 0. The van der Waals surface area contributed by atoms with E-state index in [2.05, 4.69) is 12.2 Å². The van der Waals surface area contributed by atoms with Crippen molar-refractivity contribution >= 4 is 34.0 Å². The molecule has 0 unspecified atom stereocenters. The third-order valence-corrected chi connectivity index (χ3v) is 3.75. The summed E-state index contributed by atoms with van der Waals surface area (Å²) < 4.78 is 0.850. The Hall–Kier alpha value is 1.32. The van der Waals surface area contributed by atoms with Crippen molar-refractivity contribution in [2.24, 2.45) is 0 Å². The minimum atomic E-state index is 0. The molecule has 2 aliphatic rings. The zero-order valence-electron chi connectivity index (χ0n) is 6.88. The summed E-state index contributed by atoms with van der Waals surface area (Å²) in [7, 11) is 0. The third-order valence-electron chi connectivity index (χ3n) is 2.42. The van der Waals surface area contributed by atoms with Crippen LogP contribution in [0.1, 0.15) is 25.7 Å². The molecule has 3 heteroatoms. The molecule has 0 radical (unpaired) electrons. The second-order valence-corrected chi connectivity index (χ2v) is 4.62. The maximum absolute atomic E-state index is 2.38. The van der Waals surface area contributed by atoms with E-state index in [1.807, 2.05) is 0 Å². The van der Waals surface area contributed by atoms with Crippen molar-refractivity contribution in [2.45, 2.75) is 29.3 Å². The van der Waals surface area contributed by atoms with Gasteiger partial charge in [-0.05, 0) is 0 Å². The van der Waals surface area contributed by atoms with Crippen molar-refractivity contribution in [1.29, 1.82) is 0 Å². The first-order valence-electron chi connectivity index (χ1n) is 3.99. The van der Waals surface area contributed by atoms with Gasteiger partial charge in [0.1, 0.15) is 0 Å². The second kappa shape index (κ2) is 5.93. The van der Waals surface area contributed by atoms with E-state index in [9.17, 15) is 0 Å². The Morgan fingerprint density at radius 2 is 1.83 bits per heavy atom. The number of rotatable bonds is 0. The van der Waals surface area contributed by atoms with Gasteiger partial charge in [0.15, 0.2) is 0 Å². The van der Waals surface area contributed by atoms with Crippen LogP contribution in [-0.4, -0.2) is 0 Å². The summed E-state index contributed by atoms with van der Waals surface area (Å²) >= 11 is 1.67. The fourth-order valence-electron chi connectivity index (χ4n) is 1.83. The van der Waals surface area contributed by atoms with Crippen LogP contribution in [0.5, 0.6) is 0 Å². The standard InChI is InChI=1S/C9H11.2BrH.Zr/c1-2-5-9-7-3-6-8(9)4-1;;;/h3,6-7H,1-2,4-5H2;2*1H;. The molecule has 0 aromatic rings. The quantitative estimate of drug-likeness (QED) is 0.605. The summed E-state index contributed by atoms with van der Waals surface area (Å²) in [4.78, 5) is 0. The minimum absolute atomic E-state index is 0. The van der Waals surface area contributed by atoms with Gasteiger partial charge in [0.2, 0.25) is 0 Å². The van der Waals surface area contributed by atoms with E-state index in [1.165, 1.54) is 25.7 Å². The van der Waals surface area contributed by atoms with Crippen LogP contribution >= 0.6 is 34.0 Å². The predicted octanol–water partition coefficient (Wildman–Crippen LogP) is 3.92. The number of allylic oxidation sites excluding steroid dienone is 4. The predicted molar refractivity (Wildman–Crippen MR) is 59.0 cm³/mol. The van der Waals surface area contributed by atoms with Gasteiger partial charge in [-0.25, -0.2) is 0 Å². The van der Waals surface area contributed by atoms with Crippen LogP contribution in [-0.2, 0) is 24.7 Å². The monoisotopic (exact) mass is 369 g/mol. The van der Waals surface area contributed by atoms with Crippen LogP contribution in [0.4, 0.5) is 0 Å². The summed E-state index contributed by atoms with van der Waals surface area (Å²) in [6, 6.07) is 0. The van der Waals surface area contributed by atoms with Crippen molar-refractivity contribution in [3.05, 3.63) is 23.3 Å². The summed E-state index contributed by atoms with van der Waals surface area (Å²) in [5.74, 6) is 0. The van der Waals surface area contributed by atoms with Crippen molar-refractivity contribution in [1.82, 2.24) is 0 Å². The first-order valence-corrected chi connectivity index (χ1v) is 5.41. The van der Waals surface area contributed by atoms with E-state index in [0.717, 1.165) is 3.63 Å². The van der Waals surface area contributed by atoms with Gasteiger partial charge in [0.05, 0.1) is 0 Å². The van der Waals surface area contributed by atoms with E-state index in [-0.39, 0.29) is 34.0 Å². The molecule has 0 amide bonds. The topological polar surface area (TPSA) is 0 Å². The van der Waals surface area contributed by atoms with Crippen LogP contribution in [0.3, 0.4) is 0 Å². The van der Waals surface area contributed by atoms with Crippen molar-refractivity contribution in [3.63, 3.8) is 0 Å². The Kier molecular flexibility index (Phi) is 6.58. The Balaban J connectivity index is 0.000000605. The fraction of sp³-hybridized carbons (Fsp3) is 0.556. The van der Waals surface area contributed by atoms with Crippen LogP contribution in [0.15, 0.2) is 23.3 Å². The van der Waals surface area contributed by atoms with E-state index < -0.39 is 0 Å². The van der Waals surface area contributed by atoms with E-state index in [1.54, 1.807) is 35.9 Å². The van der Waals surface area contributed by atoms with E-state index >= 15 is 0 Å². The van der Waals surface area contributed by atoms with Gasteiger partial charge in [0.25, 0.3) is 0 Å². The van der Waals surface area contributed by atoms with E-state index in [4.69, 9.17) is 0 Å². The van der Waals surface area contributed by atoms with Crippen LogP contribution in [0, 0.1) is 0 Å². The van der Waals surface area contributed by atoms with E-state index in [0.29, 0.717) is 0 Å². The third kappa shape index (κ3) is 2.65. The molecule has 0 heterocycles. The molecule has 0 nitrogen and oxygen atoms in total. The zero-order valence-corrected chi connectivity index (χ0v) is 12.8. The SMILES string of the molecule is Br.Br.[Zr][C@H]1C=CC2=C1CCCC2. The van der Waals surface area contributed by atoms with Crippen molar-refractivity contribution in [3.8, 4) is 0 Å². The molecule has 2 rings (SSSR count). The average Bonchev–Trinajstić information content (AvgIpc) is 2.34. The molecule has 0 aliphatic heterocycles. The fourth-order valence-corrected chi connectivity index (χ4v) is 2.87. The van der Waals surface area contributed by atoms with Gasteiger partial charge in [-0.2, -0.15) is 0 Å². The number of hydrogen-bond acceptors (Lipinski definition) is 0. The van der Waals surface area contributed by atoms with Gasteiger partial charge in [-0.1, -0.05) is 0 Å². The van der Waals surface area contributed by atoms with Gasteiger partial charge in [-0.15, -0.1) is 34.0 Å². The average molecular weight is 372 g/mol. The van der Waals surface area contributed by atoms with Crippen LogP contribution in [0.25, 0.3) is 0 Å². The molecule has 0 aromatic heterocycles. The molecular formula is C9H13Br2Zr. The normalized spacial score (nSPS) is 25.8. The molecule has 0 aromatic carbocycles. The Morgan fingerprint density at radius 3 is 2.50 bits per heavy atom. The summed E-state index contributed by atoms with van der Waals surface area (Å²) in [6.07, 6.45) is 10.3. The Morgan fingerprint density at radius 1 is 1.17 bits per heavy atom. The molecule has 12 heavy (non-hydrogen) atoms. The molecular weight excluding hydrogens is 359 g/mol. The van der Waals surface area contributed by atoms with Gasteiger partial charge in [-0.3, -0.25) is 0 Å². The molecule has 0 N–H and O–H groups in total. The second-order valence-electron chi connectivity index (χ2n) is 3.09. The van der Waals surface area contributed by atoms with Crippen molar-refractivity contribution < 1.29 is 24.7 Å².